The van der Waals surface area contributed by atoms with Gasteiger partial charge in [-0.2, -0.15) is 0 Å². The van der Waals surface area contributed by atoms with Gasteiger partial charge < -0.3 is 0 Å². The Labute approximate surface area is 356 Å². The standard InChI is InChI=1S/C58H39N3/c1-4-14-44(15-5-1)57-60-55(38-56(61-57)43-31-27-41(28-32-43)48-18-13-35-59-39-48)42-29-25-40(26-30-42)45-16-12-17-46(36-45)47-33-34-52-51-23-10-11-24-53(51)58(54(52)37-47,49-19-6-2-7-20-49)50-21-8-3-9-22-50/h1-39H. The van der Waals surface area contributed by atoms with Gasteiger partial charge in [0, 0.05) is 29.1 Å². The van der Waals surface area contributed by atoms with Crippen molar-refractivity contribution in [2.75, 3.05) is 0 Å². The number of nitrogens with zero attached hydrogens (tertiary/aromatic N) is 3. The van der Waals surface area contributed by atoms with Gasteiger partial charge in [0.15, 0.2) is 5.82 Å². The second kappa shape index (κ2) is 15.3. The molecule has 1 aliphatic carbocycles. The summed E-state index contributed by atoms with van der Waals surface area (Å²) in [6, 6.07) is 80.5. The zero-order valence-corrected chi connectivity index (χ0v) is 33.4. The molecule has 0 N–H and O–H groups in total. The van der Waals surface area contributed by atoms with E-state index in [9.17, 15) is 0 Å². The van der Waals surface area contributed by atoms with Crippen LogP contribution in [-0.4, -0.2) is 15.0 Å². The van der Waals surface area contributed by atoms with Crippen molar-refractivity contribution in [1.29, 1.82) is 0 Å². The molecule has 0 saturated heterocycles. The molecular weight excluding hydrogens is 739 g/mol. The van der Waals surface area contributed by atoms with E-state index < -0.39 is 5.41 Å². The molecule has 3 nitrogen and oxygen atoms in total. The largest absolute Gasteiger partial charge is 0.264 e. The molecule has 0 bridgehead atoms. The van der Waals surface area contributed by atoms with Gasteiger partial charge >= 0.3 is 0 Å². The normalized spacial score (nSPS) is 12.4. The summed E-state index contributed by atoms with van der Waals surface area (Å²) < 4.78 is 0. The maximum Gasteiger partial charge on any atom is 0.160 e. The van der Waals surface area contributed by atoms with Crippen LogP contribution in [0.25, 0.3) is 78.4 Å². The zero-order chi connectivity index (χ0) is 40.6. The number of benzene rings is 8. The first-order chi connectivity index (χ1) is 30.2. The lowest BCUT2D eigenvalue weighted by Gasteiger charge is -2.34. The number of hydrogen-bond donors (Lipinski definition) is 0. The topological polar surface area (TPSA) is 38.7 Å². The van der Waals surface area contributed by atoms with Gasteiger partial charge in [0.25, 0.3) is 0 Å². The fourth-order valence-corrected chi connectivity index (χ4v) is 9.16. The SMILES string of the molecule is c1ccc(-c2nc(-c3ccc(-c4cccnc4)cc3)cc(-c3ccc(-c4cccc(-c5ccc6c(c5)C(c5ccccc5)(c5ccccc5)c5ccccc5-6)c4)cc3)n2)cc1. The third kappa shape index (κ3) is 6.44. The van der Waals surface area contributed by atoms with Crippen molar-refractivity contribution >= 4 is 0 Å². The number of hydrogen-bond acceptors (Lipinski definition) is 3. The average molecular weight is 778 g/mol. The van der Waals surface area contributed by atoms with Crippen LogP contribution in [-0.2, 0) is 5.41 Å². The van der Waals surface area contributed by atoms with Crippen LogP contribution in [0.15, 0.2) is 237 Å². The minimum atomic E-state index is -0.442. The number of fused-ring (bicyclic) bond motifs is 3. The minimum Gasteiger partial charge on any atom is -0.264 e. The van der Waals surface area contributed by atoms with Crippen LogP contribution in [0.3, 0.4) is 0 Å². The molecule has 0 atom stereocenters. The van der Waals surface area contributed by atoms with E-state index >= 15 is 0 Å². The van der Waals surface area contributed by atoms with E-state index in [1.54, 1.807) is 6.20 Å². The molecule has 3 heteroatoms. The highest BCUT2D eigenvalue weighted by atomic mass is 14.9. The molecule has 0 fully saturated rings. The molecule has 2 heterocycles. The van der Waals surface area contributed by atoms with Crippen LogP contribution < -0.4 is 0 Å². The lowest BCUT2D eigenvalue weighted by Crippen LogP contribution is -2.28. The van der Waals surface area contributed by atoms with E-state index in [0.717, 1.165) is 50.3 Å². The van der Waals surface area contributed by atoms with Gasteiger partial charge in [-0.1, -0.05) is 200 Å². The molecule has 0 radical (unpaired) electrons. The van der Waals surface area contributed by atoms with Crippen molar-refractivity contribution in [1.82, 2.24) is 15.0 Å². The molecule has 8 aromatic carbocycles. The highest BCUT2D eigenvalue weighted by Gasteiger charge is 2.46. The highest BCUT2D eigenvalue weighted by molar-refractivity contribution is 5.89. The van der Waals surface area contributed by atoms with E-state index in [4.69, 9.17) is 9.97 Å². The van der Waals surface area contributed by atoms with Crippen molar-refractivity contribution in [2.45, 2.75) is 5.41 Å². The Hall–Kier alpha value is -8.01. The van der Waals surface area contributed by atoms with Crippen molar-refractivity contribution in [2.24, 2.45) is 0 Å². The molecule has 0 aliphatic heterocycles. The van der Waals surface area contributed by atoms with Gasteiger partial charge in [-0.3, -0.25) is 4.98 Å². The molecule has 286 valence electrons. The van der Waals surface area contributed by atoms with Gasteiger partial charge in [0.2, 0.25) is 0 Å². The molecule has 0 saturated carbocycles. The molecule has 2 aromatic heterocycles. The Morgan fingerprint density at radius 1 is 0.295 bits per heavy atom. The summed E-state index contributed by atoms with van der Waals surface area (Å²) in [4.78, 5) is 14.5. The average Bonchev–Trinajstić information content (AvgIpc) is 3.65. The lowest BCUT2D eigenvalue weighted by atomic mass is 9.67. The van der Waals surface area contributed by atoms with Crippen molar-refractivity contribution in [3.8, 4) is 78.4 Å². The molecule has 61 heavy (non-hydrogen) atoms. The molecule has 0 spiro atoms. The van der Waals surface area contributed by atoms with Crippen LogP contribution in [0.2, 0.25) is 0 Å². The Morgan fingerprint density at radius 3 is 1.39 bits per heavy atom. The summed E-state index contributed by atoms with van der Waals surface area (Å²) in [6.45, 7) is 0. The highest BCUT2D eigenvalue weighted by Crippen LogP contribution is 2.56. The summed E-state index contributed by atoms with van der Waals surface area (Å²) in [5.41, 5.74) is 18.9. The van der Waals surface area contributed by atoms with E-state index in [1.165, 1.54) is 44.5 Å². The second-order valence-electron chi connectivity index (χ2n) is 15.6. The Morgan fingerprint density at radius 2 is 0.770 bits per heavy atom. The molecular formula is C58H39N3. The maximum atomic E-state index is 5.10. The molecule has 0 unspecified atom stereocenters. The Bertz CT molecular complexity index is 3100. The Balaban J connectivity index is 0.955. The van der Waals surface area contributed by atoms with Crippen molar-refractivity contribution < 1.29 is 0 Å². The van der Waals surface area contributed by atoms with Crippen LogP contribution in [0.5, 0.6) is 0 Å². The first-order valence-electron chi connectivity index (χ1n) is 20.7. The predicted octanol–water partition coefficient (Wildman–Crippen LogP) is 14.2. The smallest absolute Gasteiger partial charge is 0.160 e. The maximum absolute atomic E-state index is 5.10. The first kappa shape index (κ1) is 36.1. The summed E-state index contributed by atoms with van der Waals surface area (Å²) >= 11 is 0. The molecule has 11 rings (SSSR count). The second-order valence-corrected chi connectivity index (χ2v) is 15.6. The van der Waals surface area contributed by atoms with Gasteiger partial charge in [-0.05, 0) is 91.0 Å². The van der Waals surface area contributed by atoms with Gasteiger partial charge in [-0.25, -0.2) is 9.97 Å². The predicted molar refractivity (Wildman–Crippen MR) is 250 cm³/mol. The summed E-state index contributed by atoms with van der Waals surface area (Å²) in [5, 5.41) is 0. The lowest BCUT2D eigenvalue weighted by molar-refractivity contribution is 0.769. The molecule has 1 aliphatic rings. The molecule has 0 amide bonds. The third-order valence-corrected chi connectivity index (χ3v) is 12.1. The van der Waals surface area contributed by atoms with E-state index in [-0.39, 0.29) is 0 Å². The van der Waals surface area contributed by atoms with Crippen LogP contribution in [0.4, 0.5) is 0 Å². The zero-order valence-electron chi connectivity index (χ0n) is 33.4. The van der Waals surface area contributed by atoms with Crippen molar-refractivity contribution in [3.05, 3.63) is 259 Å². The van der Waals surface area contributed by atoms with Gasteiger partial charge in [0.1, 0.15) is 0 Å². The summed E-state index contributed by atoms with van der Waals surface area (Å²) in [5.74, 6) is 0.696. The fraction of sp³-hybridized carbons (Fsp3) is 0.0172. The fourth-order valence-electron chi connectivity index (χ4n) is 9.16. The van der Waals surface area contributed by atoms with Crippen molar-refractivity contribution in [3.63, 3.8) is 0 Å². The van der Waals surface area contributed by atoms with Crippen LogP contribution in [0.1, 0.15) is 22.3 Å². The summed E-state index contributed by atoms with van der Waals surface area (Å²) in [6.07, 6.45) is 3.69. The minimum absolute atomic E-state index is 0.442. The van der Waals surface area contributed by atoms with Crippen LogP contribution >= 0.6 is 0 Å². The van der Waals surface area contributed by atoms with E-state index in [2.05, 4.69) is 205 Å². The number of rotatable bonds is 8. The molecule has 10 aromatic rings. The van der Waals surface area contributed by atoms with E-state index in [0.29, 0.717) is 5.82 Å². The van der Waals surface area contributed by atoms with E-state index in [1.807, 2.05) is 30.5 Å². The first-order valence-corrected chi connectivity index (χ1v) is 20.7. The number of aromatic nitrogens is 3. The van der Waals surface area contributed by atoms with Gasteiger partial charge in [-0.15, -0.1) is 0 Å². The van der Waals surface area contributed by atoms with Gasteiger partial charge in [0.05, 0.1) is 16.8 Å². The quantitative estimate of drug-likeness (QED) is 0.154. The Kier molecular flexibility index (Phi) is 9.05. The number of pyridine rings is 1. The third-order valence-electron chi connectivity index (χ3n) is 12.1. The monoisotopic (exact) mass is 777 g/mol. The van der Waals surface area contributed by atoms with Crippen LogP contribution in [0, 0.1) is 0 Å². The summed E-state index contributed by atoms with van der Waals surface area (Å²) in [7, 11) is 0.